The van der Waals surface area contributed by atoms with Crippen molar-refractivity contribution in [2.45, 2.75) is 18.1 Å². The van der Waals surface area contributed by atoms with Crippen LogP contribution in [0.15, 0.2) is 52.3 Å². The standard InChI is InChI=1S/C18H24N4O4S/c1-19-18(24)15-7-5-14(6-8-15)11-21(4)13-22-12-16(9-10-17(22)23)27(25,26)20(2)3/h5-10,12H,11,13H2,1-4H3,(H,19,24)/p+1. The monoisotopic (exact) mass is 393 g/mol. The van der Waals surface area contributed by atoms with E-state index in [0.29, 0.717) is 18.8 Å². The molecular weight excluding hydrogens is 368 g/mol. The summed E-state index contributed by atoms with van der Waals surface area (Å²) in [6, 6.07) is 9.81. The van der Waals surface area contributed by atoms with E-state index in [2.05, 4.69) is 5.32 Å². The Morgan fingerprint density at radius 1 is 1.15 bits per heavy atom. The number of hydrogen-bond acceptors (Lipinski definition) is 4. The number of carbonyl (C=O) groups excluding carboxylic acids is 1. The third-order valence-electron chi connectivity index (χ3n) is 4.12. The molecule has 2 N–H and O–H groups in total. The van der Waals surface area contributed by atoms with Gasteiger partial charge in [0.1, 0.15) is 6.54 Å². The first-order valence-electron chi connectivity index (χ1n) is 8.40. The number of quaternary nitrogens is 1. The zero-order valence-corrected chi connectivity index (χ0v) is 16.7. The molecule has 2 aromatic rings. The fourth-order valence-electron chi connectivity index (χ4n) is 2.61. The Morgan fingerprint density at radius 2 is 1.78 bits per heavy atom. The Bertz CT molecular complexity index is 966. The molecule has 8 nitrogen and oxygen atoms in total. The van der Waals surface area contributed by atoms with Crippen molar-refractivity contribution in [2.75, 3.05) is 28.2 Å². The number of amides is 1. The zero-order valence-electron chi connectivity index (χ0n) is 15.9. The molecule has 27 heavy (non-hydrogen) atoms. The summed E-state index contributed by atoms with van der Waals surface area (Å²) in [5.74, 6) is -0.146. The second-order valence-corrected chi connectivity index (χ2v) is 8.68. The van der Waals surface area contributed by atoms with E-state index in [1.807, 2.05) is 19.2 Å². The van der Waals surface area contributed by atoms with E-state index in [1.165, 1.54) is 37.0 Å². The number of nitrogens with one attached hydrogen (secondary N) is 2. The van der Waals surface area contributed by atoms with Gasteiger partial charge in [0.2, 0.25) is 10.0 Å². The molecule has 146 valence electrons. The molecule has 2 rings (SSSR count). The summed E-state index contributed by atoms with van der Waals surface area (Å²) in [6.45, 7) is 0.929. The molecule has 1 unspecified atom stereocenters. The van der Waals surface area contributed by atoms with E-state index in [4.69, 9.17) is 0 Å². The summed E-state index contributed by atoms with van der Waals surface area (Å²) in [5, 5.41) is 2.57. The summed E-state index contributed by atoms with van der Waals surface area (Å²) < 4.78 is 27.0. The Hall–Kier alpha value is -2.49. The first-order valence-corrected chi connectivity index (χ1v) is 9.84. The van der Waals surface area contributed by atoms with E-state index in [0.717, 1.165) is 14.8 Å². The van der Waals surface area contributed by atoms with Crippen molar-refractivity contribution in [3.8, 4) is 0 Å². The lowest BCUT2D eigenvalue weighted by atomic mass is 10.1. The number of benzene rings is 1. The van der Waals surface area contributed by atoms with Gasteiger partial charge in [0.25, 0.3) is 11.5 Å². The van der Waals surface area contributed by atoms with E-state index >= 15 is 0 Å². The van der Waals surface area contributed by atoms with Gasteiger partial charge in [-0.05, 0) is 18.2 Å². The van der Waals surface area contributed by atoms with Crippen molar-refractivity contribution in [2.24, 2.45) is 0 Å². The minimum absolute atomic E-state index is 0.0785. The summed E-state index contributed by atoms with van der Waals surface area (Å²) in [4.78, 5) is 24.8. The minimum Gasteiger partial charge on any atom is -0.355 e. The third kappa shape index (κ3) is 5.03. The zero-order chi connectivity index (χ0) is 20.2. The van der Waals surface area contributed by atoms with E-state index in [1.54, 1.807) is 19.2 Å². The molecule has 0 aliphatic carbocycles. The Balaban J connectivity index is 2.15. The molecule has 0 saturated carbocycles. The predicted molar refractivity (Wildman–Crippen MR) is 102 cm³/mol. The van der Waals surface area contributed by atoms with Crippen LogP contribution in [0.2, 0.25) is 0 Å². The van der Waals surface area contributed by atoms with Crippen molar-refractivity contribution in [1.29, 1.82) is 0 Å². The van der Waals surface area contributed by atoms with Crippen LogP contribution in [-0.4, -0.2) is 51.4 Å². The van der Waals surface area contributed by atoms with Crippen LogP contribution in [0.5, 0.6) is 0 Å². The van der Waals surface area contributed by atoms with Crippen LogP contribution >= 0.6 is 0 Å². The van der Waals surface area contributed by atoms with Gasteiger partial charge in [0.15, 0.2) is 6.67 Å². The van der Waals surface area contributed by atoms with E-state index in [-0.39, 0.29) is 16.4 Å². The van der Waals surface area contributed by atoms with Gasteiger partial charge >= 0.3 is 0 Å². The van der Waals surface area contributed by atoms with Gasteiger partial charge in [-0.25, -0.2) is 12.7 Å². The van der Waals surface area contributed by atoms with Crippen molar-refractivity contribution in [1.82, 2.24) is 14.2 Å². The number of sulfonamides is 1. The number of rotatable bonds is 7. The van der Waals surface area contributed by atoms with E-state index < -0.39 is 10.0 Å². The molecule has 0 saturated heterocycles. The quantitative estimate of drug-likeness (QED) is 0.640. The van der Waals surface area contributed by atoms with Crippen molar-refractivity contribution < 1.29 is 18.1 Å². The van der Waals surface area contributed by atoms with Crippen LogP contribution in [0.3, 0.4) is 0 Å². The highest BCUT2D eigenvalue weighted by molar-refractivity contribution is 7.89. The van der Waals surface area contributed by atoms with Gasteiger partial charge < -0.3 is 10.2 Å². The third-order valence-corrected chi connectivity index (χ3v) is 5.92. The molecule has 1 amide bonds. The van der Waals surface area contributed by atoms with Crippen molar-refractivity contribution in [3.63, 3.8) is 0 Å². The molecule has 0 aliphatic rings. The maximum absolute atomic E-state index is 12.3. The van der Waals surface area contributed by atoms with Crippen LogP contribution in [0.1, 0.15) is 15.9 Å². The Labute approximate surface area is 159 Å². The van der Waals surface area contributed by atoms with E-state index in [9.17, 15) is 18.0 Å². The summed E-state index contributed by atoms with van der Waals surface area (Å²) in [5.41, 5.74) is 1.32. The van der Waals surface area contributed by atoms with Crippen LogP contribution in [0, 0.1) is 0 Å². The van der Waals surface area contributed by atoms with Gasteiger partial charge in [-0.2, -0.15) is 0 Å². The van der Waals surface area contributed by atoms with Gasteiger partial charge in [0, 0.05) is 44.5 Å². The molecule has 1 aromatic carbocycles. The fraction of sp³-hybridized carbons (Fsp3) is 0.333. The fourth-order valence-corrected chi connectivity index (χ4v) is 3.53. The van der Waals surface area contributed by atoms with Crippen LogP contribution < -0.4 is 15.8 Å². The van der Waals surface area contributed by atoms with Crippen LogP contribution in [-0.2, 0) is 23.2 Å². The SMILES string of the molecule is CNC(=O)c1ccc(C[NH+](C)Cn2cc(S(=O)(=O)N(C)C)ccc2=O)cc1. The minimum atomic E-state index is -3.60. The molecule has 0 aliphatic heterocycles. The van der Waals surface area contributed by atoms with Gasteiger partial charge in [-0.3, -0.25) is 14.2 Å². The Kier molecular flexibility index (Phi) is 6.53. The second-order valence-electron chi connectivity index (χ2n) is 6.53. The number of hydrogen-bond donors (Lipinski definition) is 2. The smallest absolute Gasteiger partial charge is 0.254 e. The number of carbonyl (C=O) groups is 1. The average molecular weight is 393 g/mol. The lowest BCUT2D eigenvalue weighted by Crippen LogP contribution is -3.07. The average Bonchev–Trinajstić information content (AvgIpc) is 2.63. The summed E-state index contributed by atoms with van der Waals surface area (Å²) >= 11 is 0. The van der Waals surface area contributed by atoms with Crippen molar-refractivity contribution in [3.05, 3.63) is 64.1 Å². The maximum Gasteiger partial charge on any atom is 0.254 e. The molecule has 0 spiro atoms. The van der Waals surface area contributed by atoms with Gasteiger partial charge in [-0.15, -0.1) is 0 Å². The van der Waals surface area contributed by atoms with Crippen LogP contribution in [0.25, 0.3) is 0 Å². The molecule has 0 bridgehead atoms. The normalized spacial score (nSPS) is 12.8. The first-order chi connectivity index (χ1) is 12.6. The molecule has 0 fully saturated rings. The molecule has 0 radical (unpaired) electrons. The summed E-state index contributed by atoms with van der Waals surface area (Å²) in [7, 11) is 2.79. The van der Waals surface area contributed by atoms with Crippen molar-refractivity contribution >= 4 is 15.9 Å². The number of pyridine rings is 1. The molecule has 1 atom stereocenters. The summed E-state index contributed by atoms with van der Waals surface area (Å²) in [6.07, 6.45) is 1.37. The maximum atomic E-state index is 12.3. The first kappa shape index (κ1) is 20.8. The lowest BCUT2D eigenvalue weighted by molar-refractivity contribution is -0.917. The topological polar surface area (TPSA) is 92.9 Å². The van der Waals surface area contributed by atoms with Gasteiger partial charge in [0.05, 0.1) is 11.9 Å². The predicted octanol–water partition coefficient (Wildman–Crippen LogP) is -0.869. The largest absolute Gasteiger partial charge is 0.355 e. The molecule has 1 aromatic heterocycles. The molecule has 9 heteroatoms. The van der Waals surface area contributed by atoms with Gasteiger partial charge in [-0.1, -0.05) is 12.1 Å². The lowest BCUT2D eigenvalue weighted by Gasteiger charge is -2.17. The highest BCUT2D eigenvalue weighted by Gasteiger charge is 2.19. The number of nitrogens with zero attached hydrogens (tertiary/aromatic N) is 2. The Morgan fingerprint density at radius 3 is 2.33 bits per heavy atom. The molecular formula is C18H25N4O4S+. The molecule has 1 heterocycles. The highest BCUT2D eigenvalue weighted by Crippen LogP contribution is 2.10. The number of aromatic nitrogens is 1. The highest BCUT2D eigenvalue weighted by atomic mass is 32.2. The second kappa shape index (κ2) is 8.47. The van der Waals surface area contributed by atoms with Crippen LogP contribution in [0.4, 0.5) is 0 Å².